The zero-order valence-corrected chi connectivity index (χ0v) is 15.3. The SMILES string of the molecule is COc1cc(/C=C/C(=O)c2ccc3c(c2)OCO3)ccc1Oc1ccccc1. The number of ketones is 1. The van der Waals surface area contributed by atoms with E-state index in [2.05, 4.69) is 0 Å². The van der Waals surface area contributed by atoms with Crippen molar-refractivity contribution in [2.24, 2.45) is 0 Å². The average molecular weight is 374 g/mol. The third-order valence-corrected chi connectivity index (χ3v) is 4.24. The molecule has 140 valence electrons. The van der Waals surface area contributed by atoms with E-state index in [1.54, 1.807) is 31.4 Å². The Hall–Kier alpha value is -3.73. The second-order valence-corrected chi connectivity index (χ2v) is 6.09. The van der Waals surface area contributed by atoms with Gasteiger partial charge in [0.25, 0.3) is 0 Å². The van der Waals surface area contributed by atoms with Crippen LogP contribution in [0.1, 0.15) is 15.9 Å². The molecular weight excluding hydrogens is 356 g/mol. The van der Waals surface area contributed by atoms with E-state index in [4.69, 9.17) is 18.9 Å². The quantitative estimate of drug-likeness (QED) is 0.443. The molecule has 1 heterocycles. The highest BCUT2D eigenvalue weighted by Gasteiger charge is 2.15. The highest BCUT2D eigenvalue weighted by molar-refractivity contribution is 6.07. The minimum Gasteiger partial charge on any atom is -0.493 e. The Morgan fingerprint density at radius 1 is 0.929 bits per heavy atom. The third-order valence-electron chi connectivity index (χ3n) is 4.24. The molecule has 28 heavy (non-hydrogen) atoms. The summed E-state index contributed by atoms with van der Waals surface area (Å²) in [6.45, 7) is 0.181. The van der Waals surface area contributed by atoms with Gasteiger partial charge in [0.2, 0.25) is 6.79 Å². The number of benzene rings is 3. The number of carbonyl (C=O) groups excluding carboxylic acids is 1. The van der Waals surface area contributed by atoms with Crippen molar-refractivity contribution in [2.75, 3.05) is 13.9 Å². The van der Waals surface area contributed by atoms with Crippen LogP contribution in [0.3, 0.4) is 0 Å². The number of allylic oxidation sites excluding steroid dienone is 1. The van der Waals surface area contributed by atoms with Gasteiger partial charge in [-0.2, -0.15) is 0 Å². The monoisotopic (exact) mass is 374 g/mol. The van der Waals surface area contributed by atoms with Gasteiger partial charge in [0, 0.05) is 5.56 Å². The highest BCUT2D eigenvalue weighted by Crippen LogP contribution is 2.34. The topological polar surface area (TPSA) is 54.0 Å². The molecule has 1 aliphatic heterocycles. The Bertz CT molecular complexity index is 1020. The second-order valence-electron chi connectivity index (χ2n) is 6.09. The Labute approximate surface area is 162 Å². The van der Waals surface area contributed by atoms with Crippen LogP contribution in [0.2, 0.25) is 0 Å². The van der Waals surface area contributed by atoms with Crippen LogP contribution in [0.5, 0.6) is 28.7 Å². The van der Waals surface area contributed by atoms with E-state index >= 15 is 0 Å². The Morgan fingerprint density at radius 3 is 2.57 bits per heavy atom. The van der Waals surface area contributed by atoms with Crippen molar-refractivity contribution in [3.05, 3.63) is 83.9 Å². The van der Waals surface area contributed by atoms with Gasteiger partial charge < -0.3 is 18.9 Å². The average Bonchev–Trinajstić information content (AvgIpc) is 3.21. The first kappa shape index (κ1) is 17.7. The number of fused-ring (bicyclic) bond motifs is 1. The van der Waals surface area contributed by atoms with E-state index < -0.39 is 0 Å². The summed E-state index contributed by atoms with van der Waals surface area (Å²) in [7, 11) is 1.58. The van der Waals surface area contributed by atoms with Gasteiger partial charge in [-0.15, -0.1) is 0 Å². The maximum atomic E-state index is 12.4. The van der Waals surface area contributed by atoms with Gasteiger partial charge in [-0.05, 0) is 54.1 Å². The zero-order valence-electron chi connectivity index (χ0n) is 15.3. The summed E-state index contributed by atoms with van der Waals surface area (Å²) >= 11 is 0. The van der Waals surface area contributed by atoms with Crippen molar-refractivity contribution in [1.82, 2.24) is 0 Å². The van der Waals surface area contributed by atoms with Gasteiger partial charge in [-0.25, -0.2) is 0 Å². The van der Waals surface area contributed by atoms with Crippen LogP contribution in [0, 0.1) is 0 Å². The summed E-state index contributed by atoms with van der Waals surface area (Å²) in [5.74, 6) is 3.03. The van der Waals surface area contributed by atoms with E-state index in [0.717, 1.165) is 11.3 Å². The molecule has 4 rings (SSSR count). The number of hydrogen-bond acceptors (Lipinski definition) is 5. The van der Waals surface area contributed by atoms with E-state index in [9.17, 15) is 4.79 Å². The molecule has 0 spiro atoms. The van der Waals surface area contributed by atoms with Gasteiger partial charge in [0.15, 0.2) is 28.8 Å². The largest absolute Gasteiger partial charge is 0.493 e. The fourth-order valence-electron chi connectivity index (χ4n) is 2.81. The molecule has 0 atom stereocenters. The molecule has 0 aromatic heterocycles. The van der Waals surface area contributed by atoms with Gasteiger partial charge in [-0.1, -0.05) is 30.3 Å². The summed E-state index contributed by atoms with van der Waals surface area (Å²) in [5.41, 5.74) is 1.36. The first-order valence-electron chi connectivity index (χ1n) is 8.76. The summed E-state index contributed by atoms with van der Waals surface area (Å²) in [6.07, 6.45) is 3.26. The van der Waals surface area contributed by atoms with E-state index in [1.165, 1.54) is 6.08 Å². The summed E-state index contributed by atoms with van der Waals surface area (Å²) in [4.78, 5) is 12.4. The fraction of sp³-hybridized carbons (Fsp3) is 0.0870. The van der Waals surface area contributed by atoms with Gasteiger partial charge in [0.05, 0.1) is 7.11 Å². The van der Waals surface area contributed by atoms with Gasteiger partial charge >= 0.3 is 0 Å². The van der Waals surface area contributed by atoms with E-state index in [-0.39, 0.29) is 12.6 Å². The molecule has 5 heteroatoms. The number of rotatable bonds is 6. The highest BCUT2D eigenvalue weighted by atomic mass is 16.7. The van der Waals surface area contributed by atoms with Gasteiger partial charge in [0.1, 0.15) is 5.75 Å². The maximum absolute atomic E-state index is 12.4. The van der Waals surface area contributed by atoms with Crippen LogP contribution in [-0.2, 0) is 0 Å². The molecule has 5 nitrogen and oxygen atoms in total. The molecule has 0 radical (unpaired) electrons. The number of hydrogen-bond donors (Lipinski definition) is 0. The van der Waals surface area contributed by atoms with Crippen molar-refractivity contribution >= 4 is 11.9 Å². The minimum atomic E-state index is -0.123. The van der Waals surface area contributed by atoms with Crippen LogP contribution in [0.15, 0.2) is 72.8 Å². The molecule has 0 saturated heterocycles. The number of ether oxygens (including phenoxy) is 4. The zero-order chi connectivity index (χ0) is 19.3. The molecule has 0 amide bonds. The molecule has 3 aromatic rings. The number of methoxy groups -OCH3 is 1. The molecule has 3 aromatic carbocycles. The molecule has 0 bridgehead atoms. The predicted octanol–water partition coefficient (Wildman–Crippen LogP) is 5.11. The van der Waals surface area contributed by atoms with Crippen molar-refractivity contribution in [1.29, 1.82) is 0 Å². The normalized spacial score (nSPS) is 12.2. The Morgan fingerprint density at radius 2 is 1.75 bits per heavy atom. The first-order chi connectivity index (χ1) is 13.7. The molecule has 1 aliphatic rings. The Kier molecular flexibility index (Phi) is 4.97. The smallest absolute Gasteiger partial charge is 0.231 e. The van der Waals surface area contributed by atoms with E-state index in [0.29, 0.717) is 28.6 Å². The molecule has 0 unspecified atom stereocenters. The third kappa shape index (κ3) is 3.83. The van der Waals surface area contributed by atoms with Crippen molar-refractivity contribution in [2.45, 2.75) is 0 Å². The molecule has 0 saturated carbocycles. The van der Waals surface area contributed by atoms with Crippen molar-refractivity contribution in [3.63, 3.8) is 0 Å². The lowest BCUT2D eigenvalue weighted by atomic mass is 10.1. The lowest BCUT2D eigenvalue weighted by molar-refractivity contribution is 0.104. The lowest BCUT2D eigenvalue weighted by Gasteiger charge is -2.11. The second kappa shape index (κ2) is 7.88. The van der Waals surface area contributed by atoms with Gasteiger partial charge in [-0.3, -0.25) is 4.79 Å². The minimum absolute atomic E-state index is 0.123. The fourth-order valence-corrected chi connectivity index (χ4v) is 2.81. The number of para-hydroxylation sites is 1. The summed E-state index contributed by atoms with van der Waals surface area (Å²) in [5, 5.41) is 0. The Balaban J connectivity index is 1.50. The molecule has 0 aliphatic carbocycles. The predicted molar refractivity (Wildman–Crippen MR) is 105 cm³/mol. The molecular formula is C23H18O5. The molecule has 0 N–H and O–H groups in total. The molecule has 0 fully saturated rings. The van der Waals surface area contributed by atoms with Crippen LogP contribution < -0.4 is 18.9 Å². The van der Waals surface area contributed by atoms with Crippen LogP contribution in [0.4, 0.5) is 0 Å². The van der Waals surface area contributed by atoms with Crippen LogP contribution in [0.25, 0.3) is 6.08 Å². The van der Waals surface area contributed by atoms with Crippen molar-refractivity contribution < 1.29 is 23.7 Å². The van der Waals surface area contributed by atoms with Crippen LogP contribution >= 0.6 is 0 Å². The van der Waals surface area contributed by atoms with Crippen molar-refractivity contribution in [3.8, 4) is 28.7 Å². The summed E-state index contributed by atoms with van der Waals surface area (Å²) in [6, 6.07) is 20.1. The number of carbonyl (C=O) groups is 1. The maximum Gasteiger partial charge on any atom is 0.231 e. The van der Waals surface area contributed by atoms with E-state index in [1.807, 2.05) is 48.5 Å². The van der Waals surface area contributed by atoms with Crippen LogP contribution in [-0.4, -0.2) is 19.7 Å². The lowest BCUT2D eigenvalue weighted by Crippen LogP contribution is -1.95. The first-order valence-corrected chi connectivity index (χ1v) is 8.76. The summed E-state index contributed by atoms with van der Waals surface area (Å²) < 4.78 is 21.9. The standard InChI is InChI=1S/C23H18O5/c1-25-22-13-16(8-11-21(22)28-18-5-3-2-4-6-18)7-10-19(24)17-9-12-20-23(14-17)27-15-26-20/h2-14H,15H2,1H3/b10-7+.